The first kappa shape index (κ1) is 27.7. The molecule has 1 atom stereocenters. The highest BCUT2D eigenvalue weighted by Gasteiger charge is 2.40. The van der Waals surface area contributed by atoms with Crippen molar-refractivity contribution in [1.29, 1.82) is 0 Å². The van der Waals surface area contributed by atoms with Crippen LogP contribution in [0.2, 0.25) is 35.7 Å². The van der Waals surface area contributed by atoms with Crippen LogP contribution in [0.5, 0.6) is 5.75 Å². The van der Waals surface area contributed by atoms with Gasteiger partial charge in [0.2, 0.25) is 0 Å². The Morgan fingerprint density at radius 3 is 2.13 bits per heavy atom. The minimum atomic E-state index is -1.31. The highest BCUT2D eigenvalue weighted by Crippen LogP contribution is 2.41. The molecule has 176 valence electrons. The fourth-order valence-electron chi connectivity index (χ4n) is 2.87. The summed E-state index contributed by atoms with van der Waals surface area (Å²) in [6.07, 6.45) is 0. The Balaban J connectivity index is 3.22. The molecule has 0 aliphatic heterocycles. The average Bonchev–Trinajstić information content (AvgIpc) is 2.68. The van der Waals surface area contributed by atoms with Crippen molar-refractivity contribution in [1.82, 2.24) is 0 Å². The van der Waals surface area contributed by atoms with Gasteiger partial charge < -0.3 is 24.7 Å². The van der Waals surface area contributed by atoms with Crippen LogP contribution in [0.25, 0.3) is 0 Å². The lowest BCUT2D eigenvalue weighted by Crippen LogP contribution is -2.37. The number of esters is 2. The average molecular weight is 494 g/mol. The Morgan fingerprint density at radius 2 is 1.65 bits per heavy atom. The van der Waals surface area contributed by atoms with E-state index in [2.05, 4.69) is 19.6 Å². The van der Waals surface area contributed by atoms with Gasteiger partial charge in [-0.15, -0.1) is 0 Å². The zero-order valence-corrected chi connectivity index (χ0v) is 21.3. The van der Waals surface area contributed by atoms with E-state index in [1.807, 2.05) is 0 Å². The molecule has 0 aliphatic rings. The molecule has 0 aliphatic carbocycles. The van der Waals surface area contributed by atoms with Crippen molar-refractivity contribution < 1.29 is 28.5 Å². The van der Waals surface area contributed by atoms with E-state index in [0.29, 0.717) is 17.9 Å². The quantitative estimate of drug-likeness (QED) is 0.142. The summed E-state index contributed by atoms with van der Waals surface area (Å²) in [4.78, 5) is 25.2. The van der Waals surface area contributed by atoms with E-state index in [0.717, 1.165) is 6.04 Å². The van der Waals surface area contributed by atoms with Gasteiger partial charge in [0.15, 0.2) is 12.7 Å². The second-order valence-corrected chi connectivity index (χ2v) is 14.5. The molecule has 0 fully saturated rings. The number of hydrogen-bond donors (Lipinski definition) is 1. The van der Waals surface area contributed by atoms with Gasteiger partial charge in [-0.2, -0.15) is 0 Å². The predicted molar refractivity (Wildman–Crippen MR) is 125 cm³/mol. The summed E-state index contributed by atoms with van der Waals surface area (Å²) in [6.45, 7) is 10.7. The molecule has 0 bridgehead atoms. The van der Waals surface area contributed by atoms with Crippen LogP contribution in [0.15, 0.2) is 12.1 Å². The normalized spacial score (nSPS) is 12.5. The molecule has 0 saturated heterocycles. The molecule has 1 aromatic carbocycles. The minimum absolute atomic E-state index is 0.0176. The fraction of sp³-hybridized carbons (Fsp3) is 0.619. The van der Waals surface area contributed by atoms with Crippen molar-refractivity contribution in [2.75, 3.05) is 33.2 Å². The number of rotatable bonds is 13. The number of carbonyl (C=O) groups excluding carboxylic acids is 2. The van der Waals surface area contributed by atoms with Crippen LogP contribution in [0.3, 0.4) is 0 Å². The molecule has 7 nitrogen and oxygen atoms in total. The highest BCUT2D eigenvalue weighted by molar-refractivity contribution is 6.76. The monoisotopic (exact) mass is 493 g/mol. The number of benzene rings is 1. The van der Waals surface area contributed by atoms with Gasteiger partial charge in [-0.1, -0.05) is 42.8 Å². The topological polar surface area (TPSA) is 97.1 Å². The van der Waals surface area contributed by atoms with Gasteiger partial charge in [0, 0.05) is 32.7 Å². The third kappa shape index (κ3) is 8.61. The smallest absolute Gasteiger partial charge is 0.321 e. The Hall–Kier alpha value is -1.32. The first-order chi connectivity index (χ1) is 14.6. The molecule has 0 amide bonds. The molecule has 0 spiro atoms. The van der Waals surface area contributed by atoms with E-state index in [1.165, 1.54) is 0 Å². The number of carbonyl (C=O) groups is 2. The van der Waals surface area contributed by atoms with Crippen LogP contribution in [0.4, 0.5) is 0 Å². The number of ether oxygens (including phenoxy) is 4. The van der Waals surface area contributed by atoms with Gasteiger partial charge in [-0.05, 0) is 32.0 Å². The van der Waals surface area contributed by atoms with Crippen LogP contribution < -0.4 is 10.5 Å². The zero-order chi connectivity index (χ0) is 23.6. The summed E-state index contributed by atoms with van der Waals surface area (Å²) in [7, 11) is -1.23. The molecular weight excluding hydrogens is 461 g/mol. The van der Waals surface area contributed by atoms with Crippen molar-refractivity contribution in [2.45, 2.75) is 45.5 Å². The van der Waals surface area contributed by atoms with Gasteiger partial charge in [0.1, 0.15) is 5.75 Å². The molecule has 1 aromatic rings. The molecule has 0 heterocycles. The molecular formula is C21H33Cl2NO6Si. The zero-order valence-electron chi connectivity index (χ0n) is 18.8. The molecule has 0 radical (unpaired) electrons. The Labute approximate surface area is 195 Å². The SMILES string of the molecule is CCOC(=O)C(C(=O)OCC)C(CN)c1c(OCOCC[Si](C)(C)C)ccc(Cl)c1Cl. The Morgan fingerprint density at radius 1 is 1.06 bits per heavy atom. The third-order valence-electron chi connectivity index (χ3n) is 4.49. The van der Waals surface area contributed by atoms with Gasteiger partial charge in [0.05, 0.1) is 23.3 Å². The standard InChI is InChI=1S/C21H33Cl2NO6Si/c1-6-28-20(25)18(21(26)29-7-2)14(12-24)17-16(9-8-15(22)19(17)23)30-13-27-10-11-31(3,4)5/h8-9,14,18H,6-7,10-13,24H2,1-5H3. The fourth-order valence-corrected chi connectivity index (χ4v) is 4.09. The van der Waals surface area contributed by atoms with Crippen LogP contribution in [-0.2, 0) is 23.8 Å². The van der Waals surface area contributed by atoms with Crippen molar-refractivity contribution >= 4 is 43.2 Å². The third-order valence-corrected chi connectivity index (χ3v) is 7.02. The van der Waals surface area contributed by atoms with Crippen LogP contribution in [-0.4, -0.2) is 53.2 Å². The largest absolute Gasteiger partial charge is 0.467 e. The van der Waals surface area contributed by atoms with Gasteiger partial charge >= 0.3 is 11.9 Å². The number of halogens is 2. The second-order valence-electron chi connectivity index (χ2n) is 8.08. The maximum absolute atomic E-state index is 12.6. The lowest BCUT2D eigenvalue weighted by molar-refractivity contribution is -0.162. The first-order valence-electron chi connectivity index (χ1n) is 10.3. The first-order valence-corrected chi connectivity index (χ1v) is 14.7. The van der Waals surface area contributed by atoms with Crippen molar-refractivity contribution in [2.24, 2.45) is 11.7 Å². The maximum atomic E-state index is 12.6. The maximum Gasteiger partial charge on any atom is 0.321 e. The van der Waals surface area contributed by atoms with Crippen molar-refractivity contribution in [3.63, 3.8) is 0 Å². The molecule has 1 unspecified atom stereocenters. The molecule has 10 heteroatoms. The lowest BCUT2D eigenvalue weighted by Gasteiger charge is -2.26. The number of nitrogens with two attached hydrogens (primary N) is 1. The van der Waals surface area contributed by atoms with Crippen LogP contribution >= 0.6 is 23.2 Å². The van der Waals surface area contributed by atoms with E-state index < -0.39 is 31.8 Å². The summed E-state index contributed by atoms with van der Waals surface area (Å²) >= 11 is 12.7. The molecule has 2 N–H and O–H groups in total. The molecule has 0 aromatic heterocycles. The lowest BCUT2D eigenvalue weighted by atomic mass is 9.85. The summed E-state index contributed by atoms with van der Waals surface area (Å²) in [5.41, 5.74) is 6.33. The highest BCUT2D eigenvalue weighted by atomic mass is 35.5. The van der Waals surface area contributed by atoms with E-state index in [4.69, 9.17) is 47.9 Å². The molecule has 0 saturated carbocycles. The van der Waals surface area contributed by atoms with Crippen molar-refractivity contribution in [3.8, 4) is 5.75 Å². The van der Waals surface area contributed by atoms with E-state index in [9.17, 15) is 9.59 Å². The predicted octanol–water partition coefficient (Wildman–Crippen LogP) is 4.47. The van der Waals surface area contributed by atoms with E-state index in [-0.39, 0.29) is 36.6 Å². The summed E-state index contributed by atoms with van der Waals surface area (Å²) in [5, 5.41) is 0.392. The van der Waals surface area contributed by atoms with Gasteiger partial charge in [-0.25, -0.2) is 0 Å². The van der Waals surface area contributed by atoms with E-state index >= 15 is 0 Å². The van der Waals surface area contributed by atoms with Gasteiger partial charge in [-0.3, -0.25) is 9.59 Å². The summed E-state index contributed by atoms with van der Waals surface area (Å²) in [5.74, 6) is -3.33. The van der Waals surface area contributed by atoms with E-state index in [1.54, 1.807) is 26.0 Å². The second kappa shape index (κ2) is 13.3. The summed E-state index contributed by atoms with van der Waals surface area (Å²) < 4.78 is 21.6. The van der Waals surface area contributed by atoms with Gasteiger partial charge in [0.25, 0.3) is 0 Å². The molecule has 31 heavy (non-hydrogen) atoms. The summed E-state index contributed by atoms with van der Waals surface area (Å²) in [6, 6.07) is 4.17. The Bertz CT molecular complexity index is 723. The van der Waals surface area contributed by atoms with Crippen LogP contribution in [0, 0.1) is 5.92 Å². The Kier molecular flexibility index (Phi) is 11.9. The molecule has 1 rings (SSSR count). The number of hydrogen-bond acceptors (Lipinski definition) is 7. The van der Waals surface area contributed by atoms with Crippen LogP contribution in [0.1, 0.15) is 25.3 Å². The minimum Gasteiger partial charge on any atom is -0.467 e. The van der Waals surface area contributed by atoms with Crippen molar-refractivity contribution in [3.05, 3.63) is 27.7 Å².